The molecule has 3 aromatic rings. The van der Waals surface area contributed by atoms with Crippen molar-refractivity contribution in [1.82, 2.24) is 10.2 Å². The van der Waals surface area contributed by atoms with E-state index in [-0.39, 0.29) is 22.6 Å². The Morgan fingerprint density at radius 2 is 2.00 bits per heavy atom. The second-order valence-electron chi connectivity index (χ2n) is 5.33. The van der Waals surface area contributed by atoms with Crippen LogP contribution in [0, 0.1) is 12.3 Å². The zero-order valence-corrected chi connectivity index (χ0v) is 15.9. The summed E-state index contributed by atoms with van der Waals surface area (Å²) in [6, 6.07) is 13.8. The van der Waals surface area contributed by atoms with E-state index in [4.69, 9.17) is 27.2 Å². The summed E-state index contributed by atoms with van der Waals surface area (Å²) in [7, 11) is 0. The molecule has 0 radical (unpaired) electrons. The lowest BCUT2D eigenvalue weighted by Crippen LogP contribution is -1.99. The number of nitrogens with zero attached hydrogens (tertiary/aromatic N) is 2. The average Bonchev–Trinajstić information content (AvgIpc) is 3.16. The van der Waals surface area contributed by atoms with Crippen LogP contribution in [0.2, 0.25) is 5.02 Å². The van der Waals surface area contributed by atoms with E-state index in [1.165, 1.54) is 6.08 Å². The zero-order chi connectivity index (χ0) is 19.9. The van der Waals surface area contributed by atoms with Crippen LogP contribution >= 0.6 is 23.4 Å². The molecule has 0 spiro atoms. The number of rotatable bonds is 7. The Morgan fingerprint density at radius 1 is 1.25 bits per heavy atom. The van der Waals surface area contributed by atoms with Gasteiger partial charge >= 0.3 is 5.97 Å². The summed E-state index contributed by atoms with van der Waals surface area (Å²) in [5.41, 5.74) is 1.25. The molecule has 6 nitrogen and oxygen atoms in total. The molecule has 1 N–H and O–H groups in total. The highest BCUT2D eigenvalue weighted by molar-refractivity contribution is 8.03. The highest BCUT2D eigenvalue weighted by Gasteiger charge is 2.17. The SMILES string of the molecule is C#CCOc1ccccc1/C=C(\Sc1nnc(-c2ccc(Cl)cc2)o1)C(=O)O. The number of carboxylic acids is 1. The van der Waals surface area contributed by atoms with Crippen LogP contribution in [0.1, 0.15) is 5.56 Å². The van der Waals surface area contributed by atoms with Crippen molar-refractivity contribution in [2.45, 2.75) is 5.22 Å². The zero-order valence-electron chi connectivity index (χ0n) is 14.3. The van der Waals surface area contributed by atoms with Gasteiger partial charge in [0.1, 0.15) is 17.3 Å². The summed E-state index contributed by atoms with van der Waals surface area (Å²) in [5, 5.41) is 18.1. The van der Waals surface area contributed by atoms with Gasteiger partial charge in [-0.1, -0.05) is 35.7 Å². The molecule has 1 aromatic heterocycles. The highest BCUT2D eigenvalue weighted by atomic mass is 35.5. The molecule has 0 atom stereocenters. The minimum Gasteiger partial charge on any atom is -0.480 e. The lowest BCUT2D eigenvalue weighted by Gasteiger charge is -2.07. The monoisotopic (exact) mass is 412 g/mol. The number of thioether (sulfide) groups is 1. The predicted molar refractivity (Wildman–Crippen MR) is 107 cm³/mol. The lowest BCUT2D eigenvalue weighted by molar-refractivity contribution is -0.131. The van der Waals surface area contributed by atoms with Gasteiger partial charge in [-0.2, -0.15) is 0 Å². The normalized spacial score (nSPS) is 11.1. The van der Waals surface area contributed by atoms with Gasteiger partial charge in [0.25, 0.3) is 5.22 Å². The first-order chi connectivity index (χ1) is 13.6. The van der Waals surface area contributed by atoms with E-state index in [1.54, 1.807) is 48.5 Å². The summed E-state index contributed by atoms with van der Waals surface area (Å²) >= 11 is 6.71. The summed E-state index contributed by atoms with van der Waals surface area (Å²) in [5.74, 6) is 1.98. The number of aromatic nitrogens is 2. The molecule has 0 saturated carbocycles. The molecule has 2 aromatic carbocycles. The molecular weight excluding hydrogens is 400 g/mol. The number of carbonyl (C=O) groups is 1. The number of carboxylic acid groups (broad SMARTS) is 1. The first kappa shape index (κ1) is 19.5. The topological polar surface area (TPSA) is 85.5 Å². The van der Waals surface area contributed by atoms with E-state index in [0.29, 0.717) is 21.9 Å². The van der Waals surface area contributed by atoms with Gasteiger partial charge in [-0.05, 0) is 48.2 Å². The van der Waals surface area contributed by atoms with Crippen molar-refractivity contribution in [2.24, 2.45) is 0 Å². The van der Waals surface area contributed by atoms with Crippen molar-refractivity contribution in [1.29, 1.82) is 0 Å². The molecule has 140 valence electrons. The third-order valence-electron chi connectivity index (χ3n) is 3.42. The summed E-state index contributed by atoms with van der Waals surface area (Å²) in [6.07, 6.45) is 6.68. The van der Waals surface area contributed by atoms with Gasteiger partial charge in [-0.3, -0.25) is 0 Å². The number of ether oxygens (including phenoxy) is 1. The van der Waals surface area contributed by atoms with Crippen LogP contribution < -0.4 is 4.74 Å². The van der Waals surface area contributed by atoms with Gasteiger partial charge in [-0.15, -0.1) is 16.6 Å². The van der Waals surface area contributed by atoms with Gasteiger partial charge in [0.05, 0.1) is 0 Å². The molecular formula is C20H13ClN2O4S. The molecule has 0 aliphatic rings. The summed E-state index contributed by atoms with van der Waals surface area (Å²) in [6.45, 7) is 0.0779. The van der Waals surface area contributed by atoms with Crippen LogP contribution in [0.4, 0.5) is 0 Å². The Bertz CT molecular complexity index is 1050. The van der Waals surface area contributed by atoms with E-state index < -0.39 is 5.97 Å². The van der Waals surface area contributed by atoms with Crippen LogP contribution in [0.5, 0.6) is 5.75 Å². The van der Waals surface area contributed by atoms with Crippen LogP contribution in [0.15, 0.2) is 63.1 Å². The number of halogens is 1. The minimum atomic E-state index is -1.14. The number of hydrogen-bond acceptors (Lipinski definition) is 6. The van der Waals surface area contributed by atoms with Crippen molar-refractivity contribution in [2.75, 3.05) is 6.61 Å². The van der Waals surface area contributed by atoms with Crippen molar-refractivity contribution in [3.05, 3.63) is 64.0 Å². The van der Waals surface area contributed by atoms with Gasteiger partial charge in [-0.25, -0.2) is 4.79 Å². The van der Waals surface area contributed by atoms with Gasteiger partial charge in [0, 0.05) is 16.1 Å². The fourth-order valence-corrected chi connectivity index (χ4v) is 2.97. The second-order valence-corrected chi connectivity index (χ2v) is 6.76. The largest absolute Gasteiger partial charge is 0.480 e. The first-order valence-electron chi connectivity index (χ1n) is 7.94. The predicted octanol–water partition coefficient (Wildman–Crippen LogP) is 4.62. The van der Waals surface area contributed by atoms with E-state index in [9.17, 15) is 9.90 Å². The number of terminal acetylenes is 1. The number of hydrogen-bond donors (Lipinski definition) is 1. The molecule has 0 aliphatic carbocycles. The maximum absolute atomic E-state index is 11.7. The maximum Gasteiger partial charge on any atom is 0.342 e. The van der Waals surface area contributed by atoms with Crippen molar-refractivity contribution in [3.8, 4) is 29.5 Å². The van der Waals surface area contributed by atoms with Gasteiger partial charge < -0.3 is 14.3 Å². The fourth-order valence-electron chi connectivity index (χ4n) is 2.18. The third kappa shape index (κ3) is 4.94. The molecule has 1 heterocycles. The molecule has 0 aliphatic heterocycles. The Hall–Kier alpha value is -3.21. The molecule has 0 amide bonds. The number of aliphatic carboxylic acids is 1. The average molecular weight is 413 g/mol. The van der Waals surface area contributed by atoms with E-state index in [0.717, 1.165) is 11.8 Å². The molecule has 0 unspecified atom stereocenters. The molecule has 8 heteroatoms. The minimum absolute atomic E-state index is 0.0111. The second kappa shape index (κ2) is 9.13. The lowest BCUT2D eigenvalue weighted by atomic mass is 10.2. The van der Waals surface area contributed by atoms with Gasteiger partial charge in [0.2, 0.25) is 5.89 Å². The summed E-state index contributed by atoms with van der Waals surface area (Å²) < 4.78 is 11.0. The highest BCUT2D eigenvalue weighted by Crippen LogP contribution is 2.32. The Morgan fingerprint density at radius 3 is 2.71 bits per heavy atom. The quantitative estimate of drug-likeness (QED) is 0.344. The number of benzene rings is 2. The van der Waals surface area contributed by atoms with Crippen molar-refractivity contribution < 1.29 is 19.1 Å². The summed E-state index contributed by atoms with van der Waals surface area (Å²) in [4.78, 5) is 11.7. The molecule has 0 saturated heterocycles. The Labute approximate surface area is 170 Å². The van der Waals surface area contributed by atoms with Gasteiger partial charge in [0.15, 0.2) is 0 Å². The van der Waals surface area contributed by atoms with Crippen LogP contribution in [-0.2, 0) is 4.79 Å². The van der Waals surface area contributed by atoms with Crippen LogP contribution in [-0.4, -0.2) is 27.9 Å². The van der Waals surface area contributed by atoms with E-state index >= 15 is 0 Å². The van der Waals surface area contributed by atoms with Crippen LogP contribution in [0.25, 0.3) is 17.5 Å². The fraction of sp³-hybridized carbons (Fsp3) is 0.0500. The van der Waals surface area contributed by atoms with Crippen molar-refractivity contribution in [3.63, 3.8) is 0 Å². The molecule has 0 bridgehead atoms. The van der Waals surface area contributed by atoms with Crippen molar-refractivity contribution >= 4 is 35.4 Å². The molecule has 0 fully saturated rings. The maximum atomic E-state index is 11.7. The Kier molecular flexibility index (Phi) is 6.37. The first-order valence-corrected chi connectivity index (χ1v) is 9.14. The standard InChI is InChI=1S/C20H13ClN2O4S/c1-2-11-26-16-6-4-3-5-14(16)12-17(19(24)25)28-20-23-22-18(27-20)13-7-9-15(21)10-8-13/h1,3-10,12H,11H2,(H,24,25)/b17-12-. The third-order valence-corrected chi connectivity index (χ3v) is 4.53. The van der Waals surface area contributed by atoms with E-state index in [2.05, 4.69) is 16.1 Å². The smallest absolute Gasteiger partial charge is 0.342 e. The van der Waals surface area contributed by atoms with E-state index in [1.807, 2.05) is 0 Å². The number of para-hydroxylation sites is 1. The Balaban J connectivity index is 1.85. The molecule has 3 rings (SSSR count). The van der Waals surface area contributed by atoms with Crippen LogP contribution in [0.3, 0.4) is 0 Å². The molecule has 28 heavy (non-hydrogen) atoms.